The standard InChI is InChI=1S/C13H28N2S/c1-4-15(5-2)11-10-14-12-8-7-9-13(12)16-6-3/h12-14H,4-11H2,1-3H3. The number of nitrogens with one attached hydrogen (secondary N) is 1. The average molecular weight is 244 g/mol. The van der Waals surface area contributed by atoms with Crippen LogP contribution in [0, 0.1) is 0 Å². The summed E-state index contributed by atoms with van der Waals surface area (Å²) in [5, 5.41) is 4.63. The number of nitrogens with zero attached hydrogens (tertiary/aromatic N) is 1. The summed E-state index contributed by atoms with van der Waals surface area (Å²) in [5.41, 5.74) is 0. The van der Waals surface area contributed by atoms with E-state index in [0.29, 0.717) is 0 Å². The topological polar surface area (TPSA) is 15.3 Å². The number of rotatable bonds is 8. The molecule has 0 amide bonds. The zero-order valence-corrected chi connectivity index (χ0v) is 12.0. The van der Waals surface area contributed by atoms with Gasteiger partial charge in [-0.3, -0.25) is 0 Å². The first-order chi connectivity index (χ1) is 7.81. The van der Waals surface area contributed by atoms with Gasteiger partial charge in [0, 0.05) is 24.4 Å². The van der Waals surface area contributed by atoms with E-state index in [4.69, 9.17) is 0 Å². The largest absolute Gasteiger partial charge is 0.312 e. The van der Waals surface area contributed by atoms with E-state index in [2.05, 4.69) is 42.7 Å². The Bertz CT molecular complexity index is 171. The highest BCUT2D eigenvalue weighted by molar-refractivity contribution is 7.99. The van der Waals surface area contributed by atoms with Gasteiger partial charge in [0.1, 0.15) is 0 Å². The number of hydrogen-bond donors (Lipinski definition) is 1. The molecule has 1 aliphatic carbocycles. The zero-order chi connectivity index (χ0) is 11.8. The molecule has 0 aliphatic heterocycles. The molecule has 1 rings (SSSR count). The van der Waals surface area contributed by atoms with Crippen molar-refractivity contribution in [1.29, 1.82) is 0 Å². The molecule has 0 radical (unpaired) electrons. The Balaban J connectivity index is 2.16. The molecule has 0 aromatic carbocycles. The van der Waals surface area contributed by atoms with Gasteiger partial charge in [0.25, 0.3) is 0 Å². The van der Waals surface area contributed by atoms with E-state index >= 15 is 0 Å². The van der Waals surface area contributed by atoms with Crippen LogP contribution in [0.1, 0.15) is 40.0 Å². The minimum absolute atomic E-state index is 0.778. The van der Waals surface area contributed by atoms with Crippen LogP contribution in [0.25, 0.3) is 0 Å². The molecule has 0 saturated heterocycles. The second-order valence-corrected chi connectivity index (χ2v) is 6.03. The van der Waals surface area contributed by atoms with Gasteiger partial charge in [-0.2, -0.15) is 11.8 Å². The van der Waals surface area contributed by atoms with Crippen molar-refractivity contribution < 1.29 is 0 Å². The summed E-state index contributed by atoms with van der Waals surface area (Å²) in [7, 11) is 0. The van der Waals surface area contributed by atoms with Crippen LogP contribution < -0.4 is 5.32 Å². The Morgan fingerprint density at radius 3 is 2.56 bits per heavy atom. The van der Waals surface area contributed by atoms with E-state index in [9.17, 15) is 0 Å². The maximum atomic E-state index is 3.75. The van der Waals surface area contributed by atoms with Crippen LogP contribution in [0.3, 0.4) is 0 Å². The van der Waals surface area contributed by atoms with Crippen molar-refractivity contribution in [1.82, 2.24) is 10.2 Å². The lowest BCUT2D eigenvalue weighted by Crippen LogP contribution is -2.39. The molecule has 0 bridgehead atoms. The summed E-state index contributed by atoms with van der Waals surface area (Å²) in [6.45, 7) is 11.5. The van der Waals surface area contributed by atoms with E-state index < -0.39 is 0 Å². The minimum atomic E-state index is 0.778. The van der Waals surface area contributed by atoms with E-state index in [-0.39, 0.29) is 0 Å². The molecule has 1 N–H and O–H groups in total. The Morgan fingerprint density at radius 1 is 1.19 bits per heavy atom. The molecule has 0 aromatic heterocycles. The van der Waals surface area contributed by atoms with Crippen LogP contribution in [0.2, 0.25) is 0 Å². The molecular weight excluding hydrogens is 216 g/mol. The fourth-order valence-corrected chi connectivity index (χ4v) is 3.75. The van der Waals surface area contributed by atoms with E-state index in [0.717, 1.165) is 17.8 Å². The Kier molecular flexibility index (Phi) is 7.50. The summed E-state index contributed by atoms with van der Waals surface area (Å²) in [4.78, 5) is 2.49. The molecule has 0 aromatic rings. The van der Waals surface area contributed by atoms with Crippen molar-refractivity contribution in [2.24, 2.45) is 0 Å². The van der Waals surface area contributed by atoms with Crippen LogP contribution in [-0.4, -0.2) is 48.1 Å². The zero-order valence-electron chi connectivity index (χ0n) is 11.2. The first-order valence-corrected chi connectivity index (χ1v) is 7.94. The Morgan fingerprint density at radius 2 is 1.94 bits per heavy atom. The number of hydrogen-bond acceptors (Lipinski definition) is 3. The van der Waals surface area contributed by atoms with E-state index in [1.807, 2.05) is 0 Å². The molecule has 1 fully saturated rings. The molecule has 2 unspecified atom stereocenters. The molecule has 2 nitrogen and oxygen atoms in total. The minimum Gasteiger partial charge on any atom is -0.312 e. The van der Waals surface area contributed by atoms with Gasteiger partial charge in [0.15, 0.2) is 0 Å². The Labute approximate surface area is 106 Å². The fourth-order valence-electron chi connectivity index (χ4n) is 2.52. The third-order valence-corrected chi connectivity index (χ3v) is 4.89. The summed E-state index contributed by atoms with van der Waals surface area (Å²) >= 11 is 2.14. The first kappa shape index (κ1) is 14.3. The molecule has 96 valence electrons. The van der Waals surface area contributed by atoms with Crippen molar-refractivity contribution in [2.45, 2.75) is 51.3 Å². The van der Waals surface area contributed by atoms with Gasteiger partial charge in [-0.15, -0.1) is 0 Å². The van der Waals surface area contributed by atoms with Gasteiger partial charge >= 0.3 is 0 Å². The van der Waals surface area contributed by atoms with Gasteiger partial charge in [-0.25, -0.2) is 0 Å². The van der Waals surface area contributed by atoms with Crippen LogP contribution in [-0.2, 0) is 0 Å². The summed E-state index contributed by atoms with van der Waals surface area (Å²) in [6, 6.07) is 0.778. The van der Waals surface area contributed by atoms with Crippen LogP contribution >= 0.6 is 11.8 Å². The molecule has 1 aliphatic rings. The quantitative estimate of drug-likeness (QED) is 0.706. The molecule has 0 spiro atoms. The van der Waals surface area contributed by atoms with Gasteiger partial charge in [-0.05, 0) is 31.7 Å². The van der Waals surface area contributed by atoms with E-state index in [1.165, 1.54) is 44.6 Å². The fraction of sp³-hybridized carbons (Fsp3) is 1.00. The Hall–Kier alpha value is 0.270. The third kappa shape index (κ3) is 4.64. The number of likely N-dealkylation sites (N-methyl/N-ethyl adjacent to an activating group) is 1. The summed E-state index contributed by atoms with van der Waals surface area (Å²) in [5.74, 6) is 1.26. The van der Waals surface area contributed by atoms with E-state index in [1.54, 1.807) is 0 Å². The van der Waals surface area contributed by atoms with Crippen molar-refractivity contribution in [3.8, 4) is 0 Å². The van der Waals surface area contributed by atoms with Crippen LogP contribution in [0.5, 0.6) is 0 Å². The second kappa shape index (κ2) is 8.37. The lowest BCUT2D eigenvalue weighted by Gasteiger charge is -2.23. The van der Waals surface area contributed by atoms with Crippen LogP contribution in [0.15, 0.2) is 0 Å². The maximum Gasteiger partial charge on any atom is 0.0201 e. The third-order valence-electron chi connectivity index (χ3n) is 3.56. The van der Waals surface area contributed by atoms with Gasteiger partial charge in [-0.1, -0.05) is 27.2 Å². The summed E-state index contributed by atoms with van der Waals surface area (Å²) < 4.78 is 0. The molecule has 16 heavy (non-hydrogen) atoms. The van der Waals surface area contributed by atoms with Gasteiger partial charge in [0.05, 0.1) is 0 Å². The van der Waals surface area contributed by atoms with Gasteiger partial charge < -0.3 is 10.2 Å². The predicted octanol–water partition coefficient (Wildman–Crippen LogP) is 2.59. The SMILES string of the molecule is CCSC1CCCC1NCCN(CC)CC. The number of thioether (sulfide) groups is 1. The van der Waals surface area contributed by atoms with Crippen LogP contribution in [0.4, 0.5) is 0 Å². The van der Waals surface area contributed by atoms with Crippen molar-refractivity contribution >= 4 is 11.8 Å². The highest BCUT2D eigenvalue weighted by Crippen LogP contribution is 2.29. The summed E-state index contributed by atoms with van der Waals surface area (Å²) in [6.07, 6.45) is 4.22. The highest BCUT2D eigenvalue weighted by Gasteiger charge is 2.26. The average Bonchev–Trinajstić information content (AvgIpc) is 2.73. The lowest BCUT2D eigenvalue weighted by atomic mass is 10.2. The maximum absolute atomic E-state index is 3.75. The highest BCUT2D eigenvalue weighted by atomic mass is 32.2. The normalized spacial score (nSPS) is 25.5. The molecule has 0 heterocycles. The monoisotopic (exact) mass is 244 g/mol. The molecule has 3 heteroatoms. The van der Waals surface area contributed by atoms with Crippen molar-refractivity contribution in [2.75, 3.05) is 31.9 Å². The second-order valence-electron chi connectivity index (χ2n) is 4.51. The lowest BCUT2D eigenvalue weighted by molar-refractivity contribution is 0.296. The first-order valence-electron chi connectivity index (χ1n) is 6.89. The van der Waals surface area contributed by atoms with Crippen molar-refractivity contribution in [3.05, 3.63) is 0 Å². The molecule has 1 saturated carbocycles. The smallest absolute Gasteiger partial charge is 0.0201 e. The van der Waals surface area contributed by atoms with Crippen molar-refractivity contribution in [3.63, 3.8) is 0 Å². The molecular formula is C13H28N2S. The predicted molar refractivity (Wildman–Crippen MR) is 75.3 cm³/mol. The molecule has 2 atom stereocenters. The van der Waals surface area contributed by atoms with Gasteiger partial charge in [0.2, 0.25) is 0 Å².